The van der Waals surface area contributed by atoms with Crippen molar-refractivity contribution in [2.45, 2.75) is 12.8 Å². The van der Waals surface area contributed by atoms with Gasteiger partial charge < -0.3 is 19.0 Å². The van der Waals surface area contributed by atoms with Crippen molar-refractivity contribution in [3.63, 3.8) is 0 Å². The minimum atomic E-state index is -3.49. The summed E-state index contributed by atoms with van der Waals surface area (Å²) in [6.45, 7) is 0. The fourth-order valence-corrected chi connectivity index (χ4v) is 4.18. The second-order valence-electron chi connectivity index (χ2n) is 8.60. The predicted molar refractivity (Wildman–Crippen MR) is 137 cm³/mol. The molecule has 0 radical (unpaired) electrons. The molecular formula is C24H26ClN3O7S. The van der Waals surface area contributed by atoms with Crippen LogP contribution < -0.4 is 15.1 Å². The average Bonchev–Trinajstić information content (AvgIpc) is 2.76. The highest BCUT2D eigenvalue weighted by Gasteiger charge is 2.21. The highest BCUT2D eigenvalue weighted by atomic mass is 35.5. The number of benzene rings is 2. The van der Waals surface area contributed by atoms with Crippen molar-refractivity contribution in [2.75, 3.05) is 39.2 Å². The normalized spacial score (nSPS) is 11.3. The third-order valence-corrected chi connectivity index (χ3v) is 6.07. The summed E-state index contributed by atoms with van der Waals surface area (Å²) in [6, 6.07) is 9.38. The molecule has 10 nitrogen and oxygen atoms in total. The van der Waals surface area contributed by atoms with Gasteiger partial charge in [0, 0.05) is 57.3 Å². The lowest BCUT2D eigenvalue weighted by molar-refractivity contribution is -0.127. The van der Waals surface area contributed by atoms with Crippen LogP contribution in [0.2, 0.25) is 5.02 Å². The van der Waals surface area contributed by atoms with Gasteiger partial charge in [0.2, 0.25) is 15.9 Å². The summed E-state index contributed by atoms with van der Waals surface area (Å²) in [7, 11) is 2.72. The average molecular weight is 536 g/mol. The number of carbonyl (C=O) groups excluding carboxylic acids is 2. The Morgan fingerprint density at radius 3 is 2.36 bits per heavy atom. The lowest BCUT2D eigenvalue weighted by Gasteiger charge is -2.16. The molecule has 0 spiro atoms. The zero-order valence-corrected chi connectivity index (χ0v) is 22.0. The molecule has 36 heavy (non-hydrogen) atoms. The first-order chi connectivity index (χ1) is 16.7. The molecule has 1 heterocycles. The minimum absolute atomic E-state index is 0.00297. The molecule has 1 aromatic heterocycles. The summed E-state index contributed by atoms with van der Waals surface area (Å²) in [5.41, 5.74) is 1.01. The largest absolute Gasteiger partial charge is 0.422 e. The van der Waals surface area contributed by atoms with Crippen LogP contribution in [0.25, 0.3) is 11.0 Å². The van der Waals surface area contributed by atoms with Crippen molar-refractivity contribution < 1.29 is 27.2 Å². The Kier molecular flexibility index (Phi) is 7.95. The van der Waals surface area contributed by atoms with Crippen molar-refractivity contribution in [3.8, 4) is 5.75 Å². The van der Waals surface area contributed by atoms with Crippen molar-refractivity contribution in [1.29, 1.82) is 0 Å². The van der Waals surface area contributed by atoms with Gasteiger partial charge in [-0.25, -0.2) is 18.0 Å². The number of likely N-dealkylation sites (N-methyl/N-ethyl adjacent to an activating group) is 1. The monoisotopic (exact) mass is 535 g/mol. The van der Waals surface area contributed by atoms with Gasteiger partial charge in [0.25, 0.3) is 0 Å². The van der Waals surface area contributed by atoms with E-state index in [4.69, 9.17) is 20.8 Å². The first kappa shape index (κ1) is 27.0. The maximum absolute atomic E-state index is 13.1. The Morgan fingerprint density at radius 1 is 1.06 bits per heavy atom. The molecule has 0 aliphatic heterocycles. The van der Waals surface area contributed by atoms with Crippen molar-refractivity contribution >= 4 is 50.3 Å². The van der Waals surface area contributed by atoms with Gasteiger partial charge in [-0.15, -0.1) is 0 Å². The Labute approximate surface area is 213 Å². The number of ether oxygens (including phenoxy) is 1. The molecule has 1 N–H and O–H groups in total. The smallest absolute Gasteiger partial charge is 0.414 e. The Morgan fingerprint density at radius 2 is 1.75 bits per heavy atom. The van der Waals surface area contributed by atoms with E-state index in [0.29, 0.717) is 22.2 Å². The summed E-state index contributed by atoms with van der Waals surface area (Å²) >= 11 is 6.38. The van der Waals surface area contributed by atoms with Crippen LogP contribution in [0.5, 0.6) is 5.75 Å². The SMILES string of the molecule is CN(C)C(=O)Cc1c(Cc2cccc(NS(C)(=O)=O)c2)c(=O)oc2cc(OC(=O)N(C)C)c(Cl)cc12. The standard InChI is InChI=1S/C24H26ClN3O7S/c1-27(2)22(29)12-16-17-11-19(25)21(35-24(31)28(3)4)13-20(17)34-23(30)18(16)10-14-7-6-8-15(9-14)26-36(5,32)33/h6-9,11,13,26H,10,12H2,1-5H3. The molecule has 0 aliphatic carbocycles. The molecule has 3 aromatic rings. The maximum Gasteiger partial charge on any atom is 0.414 e. The number of nitrogens with zero attached hydrogens (tertiary/aromatic N) is 2. The fraction of sp³-hybridized carbons (Fsp3) is 0.292. The molecule has 2 amide bonds. The van der Waals surface area contributed by atoms with Crippen molar-refractivity contribution in [1.82, 2.24) is 9.80 Å². The maximum atomic E-state index is 13.1. The van der Waals surface area contributed by atoms with E-state index in [1.165, 1.54) is 36.0 Å². The molecule has 12 heteroatoms. The molecule has 0 unspecified atom stereocenters. The lowest BCUT2D eigenvalue weighted by atomic mass is 9.95. The highest BCUT2D eigenvalue weighted by Crippen LogP contribution is 2.33. The third-order valence-electron chi connectivity index (χ3n) is 5.17. The van der Waals surface area contributed by atoms with Crippen molar-refractivity contribution in [3.05, 3.63) is 68.5 Å². The van der Waals surface area contributed by atoms with Gasteiger partial charge in [-0.05, 0) is 29.3 Å². The van der Waals surface area contributed by atoms with Gasteiger partial charge in [0.05, 0.1) is 17.7 Å². The molecule has 2 aromatic carbocycles. The number of hydrogen-bond acceptors (Lipinski definition) is 7. The van der Waals surface area contributed by atoms with Crippen LogP contribution in [-0.4, -0.2) is 64.7 Å². The number of amides is 2. The number of sulfonamides is 1. The zero-order chi connectivity index (χ0) is 26.8. The predicted octanol–water partition coefficient (Wildman–Crippen LogP) is 3.10. The molecule has 0 bridgehead atoms. The van der Waals surface area contributed by atoms with Gasteiger partial charge in [-0.3, -0.25) is 9.52 Å². The number of carbonyl (C=O) groups is 2. The summed E-state index contributed by atoms with van der Waals surface area (Å²) < 4.78 is 36.4. The first-order valence-electron chi connectivity index (χ1n) is 10.7. The molecule has 192 valence electrons. The van der Waals surface area contributed by atoms with Crippen LogP contribution in [0, 0.1) is 0 Å². The van der Waals surface area contributed by atoms with E-state index < -0.39 is 21.7 Å². The Bertz CT molecular complexity index is 1500. The third kappa shape index (κ3) is 6.55. The molecule has 0 atom stereocenters. The number of hydrogen-bond donors (Lipinski definition) is 1. The number of nitrogens with one attached hydrogen (secondary N) is 1. The van der Waals surface area contributed by atoms with Crippen LogP contribution in [0.15, 0.2) is 45.6 Å². The van der Waals surface area contributed by atoms with Gasteiger partial charge in [0.15, 0.2) is 5.75 Å². The van der Waals surface area contributed by atoms with E-state index in [1.807, 2.05) is 0 Å². The van der Waals surface area contributed by atoms with Crippen LogP contribution in [-0.2, 0) is 27.7 Å². The Balaban J connectivity index is 2.16. The second-order valence-corrected chi connectivity index (χ2v) is 10.8. The molecule has 0 saturated heterocycles. The van der Waals surface area contributed by atoms with Crippen LogP contribution in [0.4, 0.5) is 10.5 Å². The van der Waals surface area contributed by atoms with Gasteiger partial charge >= 0.3 is 11.7 Å². The summed E-state index contributed by atoms with van der Waals surface area (Å²) in [6.07, 6.45) is 0.332. The molecule has 0 saturated carbocycles. The molecular weight excluding hydrogens is 510 g/mol. The summed E-state index contributed by atoms with van der Waals surface area (Å²) in [5.74, 6) is -0.252. The Hall–Kier alpha value is -3.57. The van der Waals surface area contributed by atoms with E-state index in [9.17, 15) is 22.8 Å². The minimum Gasteiger partial charge on any atom is -0.422 e. The van der Waals surface area contributed by atoms with Gasteiger partial charge in [-0.1, -0.05) is 23.7 Å². The number of halogens is 1. The van der Waals surface area contributed by atoms with E-state index in [0.717, 1.165) is 6.26 Å². The van der Waals surface area contributed by atoms with E-state index in [-0.39, 0.29) is 40.7 Å². The molecule has 0 aliphatic rings. The fourth-order valence-electron chi connectivity index (χ4n) is 3.42. The topological polar surface area (TPSA) is 126 Å². The van der Waals surface area contributed by atoms with E-state index in [1.54, 1.807) is 38.4 Å². The van der Waals surface area contributed by atoms with Crippen LogP contribution >= 0.6 is 11.6 Å². The quantitative estimate of drug-likeness (QED) is 0.461. The molecule has 0 fully saturated rings. The van der Waals surface area contributed by atoms with Gasteiger partial charge in [0.1, 0.15) is 5.58 Å². The highest BCUT2D eigenvalue weighted by molar-refractivity contribution is 7.92. The zero-order valence-electron chi connectivity index (χ0n) is 20.4. The summed E-state index contributed by atoms with van der Waals surface area (Å²) in [5, 5.41) is 0.510. The lowest BCUT2D eigenvalue weighted by Crippen LogP contribution is -2.26. The van der Waals surface area contributed by atoms with Gasteiger partial charge in [-0.2, -0.15) is 0 Å². The molecule has 3 rings (SSSR count). The van der Waals surface area contributed by atoms with Crippen molar-refractivity contribution in [2.24, 2.45) is 0 Å². The number of fused-ring (bicyclic) bond motifs is 1. The van der Waals surface area contributed by atoms with E-state index in [2.05, 4.69) is 4.72 Å². The van der Waals surface area contributed by atoms with E-state index >= 15 is 0 Å². The second kappa shape index (κ2) is 10.6. The first-order valence-corrected chi connectivity index (χ1v) is 13.0. The van der Waals surface area contributed by atoms with Crippen LogP contribution in [0.1, 0.15) is 16.7 Å². The van der Waals surface area contributed by atoms with Crippen LogP contribution in [0.3, 0.4) is 0 Å². The summed E-state index contributed by atoms with van der Waals surface area (Å²) in [4.78, 5) is 40.4. The number of anilines is 1. The number of rotatable bonds is 7.